The summed E-state index contributed by atoms with van der Waals surface area (Å²) in [6.45, 7) is 4.15. The van der Waals surface area contributed by atoms with Gasteiger partial charge < -0.3 is 10.6 Å². The number of rotatable bonds is 5. The van der Waals surface area contributed by atoms with Crippen molar-refractivity contribution in [2.24, 2.45) is 7.05 Å². The van der Waals surface area contributed by atoms with E-state index in [2.05, 4.69) is 35.3 Å². The van der Waals surface area contributed by atoms with Crippen molar-refractivity contribution < 1.29 is 0 Å². The van der Waals surface area contributed by atoms with Crippen molar-refractivity contribution in [2.45, 2.75) is 13.3 Å². The van der Waals surface area contributed by atoms with Gasteiger partial charge in [0.25, 0.3) is 0 Å². The van der Waals surface area contributed by atoms with Crippen LogP contribution in [0.2, 0.25) is 0 Å². The normalized spacial score (nSPS) is 10.6. The smallest absolute Gasteiger partial charge is 0.0522 e. The third kappa shape index (κ3) is 3.03. The molecule has 4 heteroatoms. The summed E-state index contributed by atoms with van der Waals surface area (Å²) in [6, 6.07) is 8.04. The van der Waals surface area contributed by atoms with Gasteiger partial charge in [0.1, 0.15) is 0 Å². The van der Waals surface area contributed by atoms with Crippen LogP contribution in [-0.4, -0.2) is 22.9 Å². The van der Waals surface area contributed by atoms with Crippen molar-refractivity contribution in [3.05, 3.63) is 42.2 Å². The molecule has 0 aliphatic heterocycles. The molecule has 96 valence electrons. The quantitative estimate of drug-likeness (QED) is 0.819. The van der Waals surface area contributed by atoms with Gasteiger partial charge in [-0.15, -0.1) is 0 Å². The number of benzene rings is 1. The van der Waals surface area contributed by atoms with Crippen molar-refractivity contribution in [3.63, 3.8) is 0 Å². The highest BCUT2D eigenvalue weighted by atomic mass is 15.2. The Hall–Kier alpha value is -1.97. The van der Waals surface area contributed by atoms with Crippen LogP contribution in [0.4, 0.5) is 11.4 Å². The molecule has 1 aromatic heterocycles. The Kier molecular flexibility index (Phi) is 3.87. The van der Waals surface area contributed by atoms with Crippen LogP contribution >= 0.6 is 0 Å². The van der Waals surface area contributed by atoms with Gasteiger partial charge in [0.15, 0.2) is 0 Å². The summed E-state index contributed by atoms with van der Waals surface area (Å²) in [5.74, 6) is 0. The second-order valence-corrected chi connectivity index (χ2v) is 4.44. The van der Waals surface area contributed by atoms with Crippen molar-refractivity contribution in [1.82, 2.24) is 9.78 Å². The molecule has 2 N–H and O–H groups in total. The number of aromatic nitrogens is 2. The van der Waals surface area contributed by atoms with E-state index < -0.39 is 0 Å². The molecule has 1 heterocycles. The number of nitrogens with zero attached hydrogens (tertiary/aromatic N) is 3. The number of anilines is 2. The predicted molar refractivity (Wildman–Crippen MR) is 75.7 cm³/mol. The summed E-state index contributed by atoms with van der Waals surface area (Å²) in [7, 11) is 1.95. The van der Waals surface area contributed by atoms with E-state index in [4.69, 9.17) is 5.73 Å². The highest BCUT2D eigenvalue weighted by Crippen LogP contribution is 2.16. The van der Waals surface area contributed by atoms with Gasteiger partial charge in [-0.05, 0) is 43.2 Å². The van der Waals surface area contributed by atoms with Crippen molar-refractivity contribution in [1.29, 1.82) is 0 Å². The lowest BCUT2D eigenvalue weighted by Gasteiger charge is -2.22. The number of aryl methyl sites for hydroxylation is 1. The maximum absolute atomic E-state index is 5.71. The minimum absolute atomic E-state index is 0.807. The van der Waals surface area contributed by atoms with Gasteiger partial charge in [-0.25, -0.2) is 0 Å². The number of hydrogen-bond donors (Lipinski definition) is 1. The highest BCUT2D eigenvalue weighted by molar-refractivity contribution is 5.53. The minimum atomic E-state index is 0.807. The fraction of sp³-hybridized carbons (Fsp3) is 0.357. The molecule has 0 aliphatic carbocycles. The van der Waals surface area contributed by atoms with Gasteiger partial charge in [0, 0.05) is 37.7 Å². The fourth-order valence-corrected chi connectivity index (χ4v) is 2.02. The third-order valence-electron chi connectivity index (χ3n) is 3.07. The van der Waals surface area contributed by atoms with Gasteiger partial charge in [0.05, 0.1) is 6.20 Å². The molecular weight excluding hydrogens is 224 g/mol. The molecule has 1 aromatic carbocycles. The first-order valence-electron chi connectivity index (χ1n) is 6.27. The molecule has 0 radical (unpaired) electrons. The van der Waals surface area contributed by atoms with Gasteiger partial charge in [-0.1, -0.05) is 0 Å². The lowest BCUT2D eigenvalue weighted by Crippen LogP contribution is -2.25. The Morgan fingerprint density at radius 2 is 2.00 bits per heavy atom. The van der Waals surface area contributed by atoms with Crippen LogP contribution in [-0.2, 0) is 13.5 Å². The van der Waals surface area contributed by atoms with Crippen LogP contribution in [0, 0.1) is 0 Å². The lowest BCUT2D eigenvalue weighted by atomic mass is 10.2. The van der Waals surface area contributed by atoms with Gasteiger partial charge >= 0.3 is 0 Å². The number of likely N-dealkylation sites (N-methyl/N-ethyl adjacent to an activating group) is 1. The first-order chi connectivity index (χ1) is 8.69. The second kappa shape index (κ2) is 5.58. The van der Waals surface area contributed by atoms with Crippen LogP contribution in [0.25, 0.3) is 0 Å². The summed E-state index contributed by atoms with van der Waals surface area (Å²) in [4.78, 5) is 2.34. The molecule has 0 bridgehead atoms. The minimum Gasteiger partial charge on any atom is -0.399 e. The van der Waals surface area contributed by atoms with E-state index in [1.807, 2.05) is 30.1 Å². The van der Waals surface area contributed by atoms with Crippen LogP contribution in [0.3, 0.4) is 0 Å². The van der Waals surface area contributed by atoms with Crippen LogP contribution < -0.4 is 10.6 Å². The van der Waals surface area contributed by atoms with Gasteiger partial charge in [0.2, 0.25) is 0 Å². The van der Waals surface area contributed by atoms with Gasteiger partial charge in [-0.2, -0.15) is 5.10 Å². The zero-order valence-electron chi connectivity index (χ0n) is 11.0. The first kappa shape index (κ1) is 12.5. The summed E-state index contributed by atoms with van der Waals surface area (Å²) in [5.41, 5.74) is 9.00. The Bertz CT molecular complexity index is 487. The van der Waals surface area contributed by atoms with Crippen molar-refractivity contribution in [2.75, 3.05) is 23.7 Å². The first-order valence-corrected chi connectivity index (χ1v) is 6.27. The second-order valence-electron chi connectivity index (χ2n) is 4.44. The molecule has 0 amide bonds. The highest BCUT2D eigenvalue weighted by Gasteiger charge is 2.05. The molecule has 0 aliphatic rings. The molecule has 0 unspecified atom stereocenters. The van der Waals surface area contributed by atoms with Crippen molar-refractivity contribution in [3.8, 4) is 0 Å². The van der Waals surface area contributed by atoms with E-state index in [1.165, 1.54) is 11.3 Å². The predicted octanol–water partition coefficient (Wildman–Crippen LogP) is 2.07. The van der Waals surface area contributed by atoms with Crippen LogP contribution in [0.15, 0.2) is 36.7 Å². The molecular formula is C14H20N4. The Balaban J connectivity index is 1.99. The van der Waals surface area contributed by atoms with E-state index in [-0.39, 0.29) is 0 Å². The monoisotopic (exact) mass is 244 g/mol. The third-order valence-corrected chi connectivity index (χ3v) is 3.07. The lowest BCUT2D eigenvalue weighted by molar-refractivity contribution is 0.765. The summed E-state index contributed by atoms with van der Waals surface area (Å²) < 4.78 is 1.84. The fourth-order valence-electron chi connectivity index (χ4n) is 2.02. The molecule has 2 rings (SSSR count). The Morgan fingerprint density at radius 1 is 1.28 bits per heavy atom. The van der Waals surface area contributed by atoms with E-state index in [1.54, 1.807) is 0 Å². The molecule has 18 heavy (non-hydrogen) atoms. The van der Waals surface area contributed by atoms with E-state index in [0.29, 0.717) is 0 Å². The maximum atomic E-state index is 5.71. The molecule has 4 nitrogen and oxygen atoms in total. The van der Waals surface area contributed by atoms with Crippen molar-refractivity contribution >= 4 is 11.4 Å². The summed E-state index contributed by atoms with van der Waals surface area (Å²) in [5, 5.41) is 4.19. The molecule has 0 saturated heterocycles. The zero-order valence-corrected chi connectivity index (χ0v) is 11.0. The largest absolute Gasteiger partial charge is 0.399 e. The number of hydrogen-bond acceptors (Lipinski definition) is 3. The molecule has 0 saturated carbocycles. The molecule has 0 spiro atoms. The van der Waals surface area contributed by atoms with Crippen LogP contribution in [0.5, 0.6) is 0 Å². The zero-order chi connectivity index (χ0) is 13.0. The van der Waals surface area contributed by atoms with E-state index >= 15 is 0 Å². The summed E-state index contributed by atoms with van der Waals surface area (Å²) >= 11 is 0. The molecule has 0 fully saturated rings. The number of nitrogens with two attached hydrogens (primary N) is 1. The standard InChI is InChI=1S/C14H20N4/c1-3-18(14-6-4-13(15)5-7-14)9-8-12-10-16-17(2)11-12/h4-7,10-11H,3,8-9,15H2,1-2H3. The average molecular weight is 244 g/mol. The van der Waals surface area contributed by atoms with E-state index in [0.717, 1.165) is 25.2 Å². The molecule has 0 atom stereocenters. The van der Waals surface area contributed by atoms with E-state index in [9.17, 15) is 0 Å². The average Bonchev–Trinajstić information content (AvgIpc) is 2.78. The molecule has 2 aromatic rings. The topological polar surface area (TPSA) is 47.1 Å². The SMILES string of the molecule is CCN(CCc1cnn(C)c1)c1ccc(N)cc1. The summed E-state index contributed by atoms with van der Waals surface area (Å²) in [6.07, 6.45) is 5.00. The Morgan fingerprint density at radius 3 is 2.56 bits per heavy atom. The van der Waals surface area contributed by atoms with Gasteiger partial charge in [-0.3, -0.25) is 4.68 Å². The maximum Gasteiger partial charge on any atom is 0.0522 e. The Labute approximate surface area is 108 Å². The van der Waals surface area contributed by atoms with Crippen LogP contribution in [0.1, 0.15) is 12.5 Å². The number of nitrogen functional groups attached to an aromatic ring is 1.